The third-order valence-corrected chi connectivity index (χ3v) is 5.95. The minimum atomic E-state index is -0.690. The summed E-state index contributed by atoms with van der Waals surface area (Å²) < 4.78 is 11.9. The van der Waals surface area contributed by atoms with Crippen molar-refractivity contribution in [1.82, 2.24) is 4.90 Å². The van der Waals surface area contributed by atoms with Crippen LogP contribution in [-0.2, 0) is 19.1 Å². The number of esters is 1. The van der Waals surface area contributed by atoms with Crippen LogP contribution in [0.25, 0.3) is 0 Å². The van der Waals surface area contributed by atoms with E-state index in [-0.39, 0.29) is 24.0 Å². The lowest BCUT2D eigenvalue weighted by Crippen LogP contribution is -2.39. The second-order valence-corrected chi connectivity index (χ2v) is 7.53. The van der Waals surface area contributed by atoms with Crippen LogP contribution in [0.1, 0.15) is 18.5 Å². The Morgan fingerprint density at radius 2 is 2.12 bits per heavy atom. The van der Waals surface area contributed by atoms with Crippen LogP contribution in [0.3, 0.4) is 0 Å². The lowest BCUT2D eigenvalue weighted by Gasteiger charge is -2.27. The van der Waals surface area contributed by atoms with Crippen LogP contribution in [0.4, 0.5) is 0 Å². The molecule has 2 bridgehead atoms. The summed E-state index contributed by atoms with van der Waals surface area (Å²) in [6, 6.07) is 7.84. The van der Waals surface area contributed by atoms with Crippen LogP contribution in [0, 0.1) is 11.8 Å². The molecule has 126 valence electrons. The van der Waals surface area contributed by atoms with E-state index in [4.69, 9.17) is 9.47 Å². The van der Waals surface area contributed by atoms with Gasteiger partial charge in [-0.3, -0.25) is 9.59 Å². The normalized spacial score (nSPS) is 34.5. The fraction of sp³-hybridized carbons (Fsp3) is 0.444. The van der Waals surface area contributed by atoms with Crippen LogP contribution in [0.2, 0.25) is 0 Å². The Balaban J connectivity index is 1.65. The van der Waals surface area contributed by atoms with Crippen LogP contribution in [-0.4, -0.2) is 42.1 Å². The van der Waals surface area contributed by atoms with Gasteiger partial charge in [0.25, 0.3) is 0 Å². The van der Waals surface area contributed by atoms with Crippen molar-refractivity contribution in [2.75, 3.05) is 13.7 Å². The SMILES string of the molecule is COC(=O)[C@H]1[C@H]2C(=O)N([C@@H](C)c3ccc(Br)cc3)C[C@]23C=C[C@H]1O3. The van der Waals surface area contributed by atoms with Crippen LogP contribution in [0.5, 0.6) is 0 Å². The number of likely N-dealkylation sites (tertiary alicyclic amines) is 1. The lowest BCUT2D eigenvalue weighted by atomic mass is 9.77. The highest BCUT2D eigenvalue weighted by Crippen LogP contribution is 2.53. The monoisotopic (exact) mass is 391 g/mol. The molecule has 2 saturated heterocycles. The molecule has 1 amide bonds. The Morgan fingerprint density at radius 3 is 2.79 bits per heavy atom. The largest absolute Gasteiger partial charge is 0.469 e. The molecule has 0 aromatic heterocycles. The van der Waals surface area contributed by atoms with Gasteiger partial charge in [0.05, 0.1) is 31.7 Å². The standard InChI is InChI=1S/C18H18BrNO4/c1-10(11-3-5-12(19)6-4-11)20-9-18-8-7-13(24-18)14(17(22)23-2)15(18)16(20)21/h3-8,10,13-15H,9H2,1-2H3/t10-,13+,14+,15-,18+/m0/s1. The predicted octanol–water partition coefficient (Wildman–Crippen LogP) is 2.47. The first kappa shape index (κ1) is 15.8. The predicted molar refractivity (Wildman–Crippen MR) is 90.0 cm³/mol. The summed E-state index contributed by atoms with van der Waals surface area (Å²) in [4.78, 5) is 27.1. The number of halogens is 1. The van der Waals surface area contributed by atoms with E-state index >= 15 is 0 Å². The average molecular weight is 392 g/mol. The van der Waals surface area contributed by atoms with E-state index in [0.29, 0.717) is 6.54 Å². The van der Waals surface area contributed by atoms with Gasteiger partial charge in [0.2, 0.25) is 5.91 Å². The van der Waals surface area contributed by atoms with Crippen molar-refractivity contribution in [1.29, 1.82) is 0 Å². The van der Waals surface area contributed by atoms with Crippen molar-refractivity contribution in [3.05, 3.63) is 46.5 Å². The molecule has 2 fully saturated rings. The molecule has 0 N–H and O–H groups in total. The van der Waals surface area contributed by atoms with Crippen LogP contribution < -0.4 is 0 Å². The van der Waals surface area contributed by atoms with Crippen LogP contribution in [0.15, 0.2) is 40.9 Å². The first-order chi connectivity index (χ1) is 11.5. The van der Waals surface area contributed by atoms with E-state index in [1.165, 1.54) is 7.11 Å². The van der Waals surface area contributed by atoms with Gasteiger partial charge in [-0.05, 0) is 24.6 Å². The van der Waals surface area contributed by atoms with E-state index < -0.39 is 17.4 Å². The van der Waals surface area contributed by atoms with Gasteiger partial charge >= 0.3 is 5.97 Å². The Bertz CT molecular complexity index is 731. The molecule has 3 aliphatic rings. The number of carbonyl (C=O) groups is 2. The number of ether oxygens (including phenoxy) is 2. The minimum Gasteiger partial charge on any atom is -0.469 e. The smallest absolute Gasteiger partial charge is 0.312 e. The highest BCUT2D eigenvalue weighted by Gasteiger charge is 2.67. The van der Waals surface area contributed by atoms with Gasteiger partial charge in [-0.15, -0.1) is 0 Å². The van der Waals surface area contributed by atoms with E-state index in [9.17, 15) is 9.59 Å². The lowest BCUT2D eigenvalue weighted by molar-refractivity contribution is -0.151. The van der Waals surface area contributed by atoms with E-state index in [1.54, 1.807) is 0 Å². The van der Waals surface area contributed by atoms with E-state index in [1.807, 2.05) is 48.2 Å². The maximum atomic E-state index is 13.1. The molecular formula is C18H18BrNO4. The number of benzene rings is 1. The molecule has 0 unspecified atom stereocenters. The molecule has 1 aromatic rings. The fourth-order valence-electron chi connectivity index (χ4n) is 4.18. The molecule has 0 radical (unpaired) electrons. The van der Waals surface area contributed by atoms with Crippen LogP contribution >= 0.6 is 15.9 Å². The van der Waals surface area contributed by atoms with Crippen molar-refractivity contribution < 1.29 is 19.1 Å². The molecule has 5 nitrogen and oxygen atoms in total. The number of methoxy groups -OCH3 is 1. The zero-order valence-electron chi connectivity index (χ0n) is 13.4. The van der Waals surface area contributed by atoms with Gasteiger partial charge < -0.3 is 14.4 Å². The summed E-state index contributed by atoms with van der Waals surface area (Å²) >= 11 is 3.43. The number of hydrogen-bond donors (Lipinski definition) is 0. The second kappa shape index (κ2) is 5.43. The number of nitrogens with zero attached hydrogens (tertiary/aromatic N) is 1. The fourth-order valence-corrected chi connectivity index (χ4v) is 4.45. The Hall–Kier alpha value is -1.66. The highest BCUT2D eigenvalue weighted by atomic mass is 79.9. The topological polar surface area (TPSA) is 55.8 Å². The average Bonchev–Trinajstić information content (AvgIpc) is 3.22. The Kier molecular flexibility index (Phi) is 3.58. The number of hydrogen-bond acceptors (Lipinski definition) is 4. The van der Waals surface area contributed by atoms with Crippen molar-refractivity contribution in [3.8, 4) is 0 Å². The number of carbonyl (C=O) groups excluding carboxylic acids is 2. The number of amides is 1. The number of fused-ring (bicyclic) bond motifs is 1. The van der Waals surface area contributed by atoms with Gasteiger partial charge in [0.1, 0.15) is 11.5 Å². The van der Waals surface area contributed by atoms with E-state index in [2.05, 4.69) is 15.9 Å². The summed E-state index contributed by atoms with van der Waals surface area (Å²) in [5.41, 5.74) is 0.362. The molecule has 4 rings (SSSR count). The van der Waals surface area contributed by atoms with Gasteiger partial charge in [0, 0.05) is 4.47 Å². The molecule has 1 spiro atoms. The van der Waals surface area contributed by atoms with Crippen molar-refractivity contribution in [2.24, 2.45) is 11.8 Å². The molecule has 6 heteroatoms. The third-order valence-electron chi connectivity index (χ3n) is 5.42. The van der Waals surface area contributed by atoms with Crippen molar-refractivity contribution >= 4 is 27.8 Å². The quantitative estimate of drug-likeness (QED) is 0.586. The first-order valence-corrected chi connectivity index (χ1v) is 8.77. The maximum absolute atomic E-state index is 13.1. The third kappa shape index (κ3) is 2.09. The summed E-state index contributed by atoms with van der Waals surface area (Å²) in [7, 11) is 1.35. The molecule has 0 saturated carbocycles. The first-order valence-electron chi connectivity index (χ1n) is 7.98. The van der Waals surface area contributed by atoms with Crippen molar-refractivity contribution in [3.63, 3.8) is 0 Å². The zero-order chi connectivity index (χ0) is 17.1. The highest BCUT2D eigenvalue weighted by molar-refractivity contribution is 9.10. The zero-order valence-corrected chi connectivity index (χ0v) is 15.0. The molecule has 1 aromatic carbocycles. The van der Waals surface area contributed by atoms with Gasteiger partial charge in [-0.2, -0.15) is 0 Å². The van der Waals surface area contributed by atoms with Gasteiger partial charge in [0.15, 0.2) is 0 Å². The summed E-state index contributed by atoms with van der Waals surface area (Å²) in [6.45, 7) is 2.47. The second-order valence-electron chi connectivity index (χ2n) is 6.62. The molecule has 24 heavy (non-hydrogen) atoms. The molecule has 0 aliphatic carbocycles. The summed E-state index contributed by atoms with van der Waals surface area (Å²) in [5.74, 6) is -1.44. The molecule has 3 aliphatic heterocycles. The van der Waals surface area contributed by atoms with Gasteiger partial charge in [-0.1, -0.05) is 40.2 Å². The number of rotatable bonds is 3. The summed E-state index contributed by atoms with van der Waals surface area (Å²) in [6.07, 6.45) is 3.49. The van der Waals surface area contributed by atoms with Crippen molar-refractivity contribution in [2.45, 2.75) is 24.7 Å². The molecule has 3 heterocycles. The minimum absolute atomic E-state index is 0.0346. The maximum Gasteiger partial charge on any atom is 0.312 e. The summed E-state index contributed by atoms with van der Waals surface area (Å²) in [5, 5.41) is 0. The van der Waals surface area contributed by atoms with Gasteiger partial charge in [-0.25, -0.2) is 0 Å². The molecule has 5 atom stereocenters. The Morgan fingerprint density at radius 1 is 1.42 bits per heavy atom. The Labute approximate surface area is 148 Å². The van der Waals surface area contributed by atoms with E-state index in [0.717, 1.165) is 10.0 Å². The molecular weight excluding hydrogens is 374 g/mol.